The van der Waals surface area contributed by atoms with E-state index in [4.69, 9.17) is 10.5 Å². The molecule has 0 heterocycles. The molecule has 0 saturated carbocycles. The number of nitrogens with two attached hydrogens (primary N) is 1. The first-order chi connectivity index (χ1) is 9.69. The second-order valence-corrected chi connectivity index (χ2v) is 4.88. The maximum absolute atomic E-state index is 10.9. The molecular formula is C15H24N2O3. The maximum Gasteiger partial charge on any atom is 0.310 e. The van der Waals surface area contributed by atoms with Crippen molar-refractivity contribution in [2.75, 3.05) is 6.61 Å². The molecule has 2 N–H and O–H groups in total. The molecule has 1 aromatic carbocycles. The van der Waals surface area contributed by atoms with E-state index in [1.165, 1.54) is 31.7 Å². The molecule has 5 heteroatoms. The summed E-state index contributed by atoms with van der Waals surface area (Å²) in [7, 11) is 0. The molecule has 0 spiro atoms. The van der Waals surface area contributed by atoms with Gasteiger partial charge in [0.25, 0.3) is 0 Å². The third-order valence-electron chi connectivity index (χ3n) is 3.21. The molecule has 0 saturated heterocycles. The number of rotatable bonds is 10. The van der Waals surface area contributed by atoms with E-state index in [0.717, 1.165) is 18.4 Å². The number of benzene rings is 1. The molecule has 0 aliphatic rings. The lowest BCUT2D eigenvalue weighted by molar-refractivity contribution is -0.385. The Hall–Kier alpha value is -1.62. The Balaban J connectivity index is 2.43. The van der Waals surface area contributed by atoms with Crippen LogP contribution in [0.3, 0.4) is 0 Å². The molecule has 0 fully saturated rings. The van der Waals surface area contributed by atoms with Gasteiger partial charge in [0.1, 0.15) is 0 Å². The fourth-order valence-electron chi connectivity index (χ4n) is 2.02. The van der Waals surface area contributed by atoms with E-state index in [2.05, 4.69) is 6.92 Å². The van der Waals surface area contributed by atoms with Crippen molar-refractivity contribution in [1.82, 2.24) is 0 Å². The average molecular weight is 280 g/mol. The standard InChI is InChI=1S/C15H24N2O3/c1-2-3-4-5-6-7-10-20-15-11-13(12-16)8-9-14(15)17(18)19/h8-9,11H,2-7,10,12,16H2,1H3. The molecule has 0 unspecified atom stereocenters. The summed E-state index contributed by atoms with van der Waals surface area (Å²) >= 11 is 0. The van der Waals surface area contributed by atoms with Gasteiger partial charge in [-0.25, -0.2) is 0 Å². The van der Waals surface area contributed by atoms with Crippen LogP contribution < -0.4 is 10.5 Å². The first-order valence-corrected chi connectivity index (χ1v) is 7.29. The molecule has 0 radical (unpaired) electrons. The minimum absolute atomic E-state index is 0.00758. The monoisotopic (exact) mass is 280 g/mol. The third kappa shape index (κ3) is 5.57. The van der Waals surface area contributed by atoms with Gasteiger partial charge >= 0.3 is 5.69 Å². The van der Waals surface area contributed by atoms with Crippen molar-refractivity contribution in [1.29, 1.82) is 0 Å². The van der Waals surface area contributed by atoms with Crippen molar-refractivity contribution in [3.63, 3.8) is 0 Å². The fraction of sp³-hybridized carbons (Fsp3) is 0.600. The van der Waals surface area contributed by atoms with Crippen LogP contribution in [-0.4, -0.2) is 11.5 Å². The van der Waals surface area contributed by atoms with Gasteiger partial charge in [-0.2, -0.15) is 0 Å². The van der Waals surface area contributed by atoms with Crippen molar-refractivity contribution < 1.29 is 9.66 Å². The first-order valence-electron chi connectivity index (χ1n) is 7.29. The Morgan fingerprint density at radius 3 is 2.55 bits per heavy atom. The van der Waals surface area contributed by atoms with Gasteiger partial charge in [-0.05, 0) is 18.1 Å². The first kappa shape index (κ1) is 16.4. The van der Waals surface area contributed by atoms with Gasteiger partial charge in [0.15, 0.2) is 5.75 Å². The van der Waals surface area contributed by atoms with Crippen LogP contribution in [0.5, 0.6) is 5.75 Å². The number of nitro groups is 1. The highest BCUT2D eigenvalue weighted by Gasteiger charge is 2.15. The Labute approximate surface area is 120 Å². The van der Waals surface area contributed by atoms with Crippen LogP contribution in [0.2, 0.25) is 0 Å². The molecule has 20 heavy (non-hydrogen) atoms. The highest BCUT2D eigenvalue weighted by Crippen LogP contribution is 2.28. The molecule has 0 amide bonds. The van der Waals surface area contributed by atoms with Crippen molar-refractivity contribution in [3.8, 4) is 5.75 Å². The fourth-order valence-corrected chi connectivity index (χ4v) is 2.02. The summed E-state index contributed by atoms with van der Waals surface area (Å²) in [5.41, 5.74) is 6.39. The number of hydrogen-bond acceptors (Lipinski definition) is 4. The topological polar surface area (TPSA) is 78.4 Å². The van der Waals surface area contributed by atoms with Gasteiger partial charge in [0.05, 0.1) is 11.5 Å². The van der Waals surface area contributed by atoms with Crippen molar-refractivity contribution in [2.24, 2.45) is 5.73 Å². The van der Waals surface area contributed by atoms with Gasteiger partial charge in [0.2, 0.25) is 0 Å². The van der Waals surface area contributed by atoms with Crippen LogP contribution in [0, 0.1) is 10.1 Å². The van der Waals surface area contributed by atoms with Crippen LogP contribution in [0.25, 0.3) is 0 Å². The quantitative estimate of drug-likeness (QED) is 0.402. The SMILES string of the molecule is CCCCCCCCOc1cc(CN)ccc1[N+](=O)[O-]. The highest BCUT2D eigenvalue weighted by molar-refractivity contribution is 5.48. The second kappa shape index (κ2) is 9.31. The van der Waals surface area contributed by atoms with Crippen molar-refractivity contribution in [2.45, 2.75) is 52.0 Å². The summed E-state index contributed by atoms with van der Waals surface area (Å²) in [6, 6.07) is 4.78. The maximum atomic E-state index is 10.9. The normalized spacial score (nSPS) is 10.5. The molecular weight excluding hydrogens is 256 g/mol. The van der Waals surface area contributed by atoms with Crippen molar-refractivity contribution >= 4 is 5.69 Å². The van der Waals surface area contributed by atoms with E-state index in [9.17, 15) is 10.1 Å². The second-order valence-electron chi connectivity index (χ2n) is 4.88. The van der Waals surface area contributed by atoms with Crippen LogP contribution in [0.15, 0.2) is 18.2 Å². The van der Waals surface area contributed by atoms with Crippen LogP contribution >= 0.6 is 0 Å². The van der Waals surface area contributed by atoms with Gasteiger partial charge < -0.3 is 10.5 Å². The zero-order valence-corrected chi connectivity index (χ0v) is 12.1. The Morgan fingerprint density at radius 2 is 1.90 bits per heavy atom. The molecule has 0 atom stereocenters. The number of nitro benzene ring substituents is 1. The summed E-state index contributed by atoms with van der Waals surface area (Å²) in [6.07, 6.45) is 6.97. The highest BCUT2D eigenvalue weighted by atomic mass is 16.6. The minimum atomic E-state index is -0.420. The van der Waals surface area contributed by atoms with Crippen LogP contribution in [0.4, 0.5) is 5.69 Å². The summed E-state index contributed by atoms with van der Waals surface area (Å²) in [4.78, 5) is 10.5. The Bertz CT molecular complexity index is 422. The van der Waals surface area contributed by atoms with Crippen molar-refractivity contribution in [3.05, 3.63) is 33.9 Å². The summed E-state index contributed by atoms with van der Waals surface area (Å²) in [6.45, 7) is 3.05. The number of unbranched alkanes of at least 4 members (excludes halogenated alkanes) is 5. The zero-order chi connectivity index (χ0) is 14.8. The lowest BCUT2D eigenvalue weighted by atomic mass is 10.1. The molecule has 0 aliphatic heterocycles. The van der Waals surface area contributed by atoms with E-state index in [1.54, 1.807) is 12.1 Å². The smallest absolute Gasteiger partial charge is 0.310 e. The zero-order valence-electron chi connectivity index (χ0n) is 12.1. The van der Waals surface area contributed by atoms with Crippen LogP contribution in [-0.2, 0) is 6.54 Å². The van der Waals surface area contributed by atoms with E-state index < -0.39 is 4.92 Å². The molecule has 0 bridgehead atoms. The molecule has 0 aliphatic carbocycles. The number of hydrogen-bond donors (Lipinski definition) is 1. The predicted molar refractivity (Wildman–Crippen MR) is 79.9 cm³/mol. The van der Waals surface area contributed by atoms with Gasteiger partial charge in [-0.15, -0.1) is 0 Å². The average Bonchev–Trinajstić information content (AvgIpc) is 2.45. The number of ether oxygens (including phenoxy) is 1. The summed E-state index contributed by atoms with van der Waals surface area (Å²) in [5, 5.41) is 10.9. The molecule has 1 aromatic rings. The van der Waals surface area contributed by atoms with E-state index >= 15 is 0 Å². The largest absolute Gasteiger partial charge is 0.487 e. The van der Waals surface area contributed by atoms with Crippen LogP contribution in [0.1, 0.15) is 51.0 Å². The van der Waals surface area contributed by atoms with Gasteiger partial charge in [-0.3, -0.25) is 10.1 Å². The summed E-state index contributed by atoms with van der Waals surface area (Å²) < 4.78 is 5.55. The predicted octanol–water partition coefficient (Wildman–Crippen LogP) is 3.79. The molecule has 0 aromatic heterocycles. The van der Waals surface area contributed by atoms with Gasteiger partial charge in [0, 0.05) is 12.6 Å². The molecule has 112 valence electrons. The third-order valence-corrected chi connectivity index (χ3v) is 3.21. The molecule has 5 nitrogen and oxygen atoms in total. The van der Waals surface area contributed by atoms with E-state index in [1.807, 2.05) is 0 Å². The minimum Gasteiger partial charge on any atom is -0.487 e. The van der Waals surface area contributed by atoms with E-state index in [-0.39, 0.29) is 5.69 Å². The number of nitrogens with zero attached hydrogens (tertiary/aromatic N) is 1. The van der Waals surface area contributed by atoms with E-state index in [0.29, 0.717) is 18.9 Å². The lowest BCUT2D eigenvalue weighted by Crippen LogP contribution is -2.03. The summed E-state index contributed by atoms with van der Waals surface area (Å²) in [5.74, 6) is 0.325. The molecule has 1 rings (SSSR count). The Morgan fingerprint density at radius 1 is 1.20 bits per heavy atom. The lowest BCUT2D eigenvalue weighted by Gasteiger charge is -2.08. The van der Waals surface area contributed by atoms with Gasteiger partial charge in [-0.1, -0.05) is 45.1 Å². The Kier molecular flexibility index (Phi) is 7.65.